The smallest absolute Gasteiger partial charge is 0.322 e. The minimum Gasteiger partial charge on any atom is -0.322 e. The maximum absolute atomic E-state index is 13.8. The number of hydrogen-bond donors (Lipinski definition) is 1. The van der Waals surface area contributed by atoms with Crippen molar-refractivity contribution in [2.75, 3.05) is 31.5 Å². The fraction of sp³-hybridized carbons (Fsp3) is 0.235. The van der Waals surface area contributed by atoms with Crippen molar-refractivity contribution in [2.45, 2.75) is 4.90 Å². The van der Waals surface area contributed by atoms with Crippen LogP contribution < -0.4 is 5.32 Å². The molecule has 1 aliphatic rings. The molecule has 0 atom stereocenters. The van der Waals surface area contributed by atoms with Crippen molar-refractivity contribution in [3.8, 4) is 0 Å². The molecule has 1 aliphatic heterocycles. The summed E-state index contributed by atoms with van der Waals surface area (Å²) in [6.45, 7) is 0.0244. The van der Waals surface area contributed by atoms with Crippen LogP contribution in [0, 0.1) is 17.5 Å². The zero-order chi connectivity index (χ0) is 19.6. The number of sulfonamides is 1. The lowest BCUT2D eigenvalue weighted by molar-refractivity contribution is 0.184. The van der Waals surface area contributed by atoms with Crippen LogP contribution in [0.3, 0.4) is 0 Å². The number of urea groups is 1. The van der Waals surface area contributed by atoms with Gasteiger partial charge in [-0.2, -0.15) is 4.31 Å². The number of carbonyl (C=O) groups is 1. The Morgan fingerprint density at radius 3 is 2.22 bits per heavy atom. The average Bonchev–Trinajstić information content (AvgIpc) is 2.64. The summed E-state index contributed by atoms with van der Waals surface area (Å²) in [4.78, 5) is 13.1. The third-order valence-corrected chi connectivity index (χ3v) is 6.08. The molecule has 10 heteroatoms. The third kappa shape index (κ3) is 4.06. The van der Waals surface area contributed by atoms with E-state index in [-0.39, 0.29) is 31.9 Å². The van der Waals surface area contributed by atoms with E-state index in [0.29, 0.717) is 6.07 Å². The summed E-state index contributed by atoms with van der Waals surface area (Å²) in [5, 5.41) is 2.32. The van der Waals surface area contributed by atoms with Gasteiger partial charge >= 0.3 is 6.03 Å². The largest absolute Gasteiger partial charge is 0.322 e. The van der Waals surface area contributed by atoms with Crippen molar-refractivity contribution in [3.05, 3.63) is 59.9 Å². The fourth-order valence-corrected chi connectivity index (χ4v) is 4.20. The molecule has 3 rings (SSSR count). The number of nitrogens with zero attached hydrogens (tertiary/aromatic N) is 2. The van der Waals surface area contributed by atoms with Gasteiger partial charge in [-0.25, -0.2) is 26.4 Å². The van der Waals surface area contributed by atoms with E-state index < -0.39 is 38.4 Å². The number of hydrogen-bond acceptors (Lipinski definition) is 3. The van der Waals surface area contributed by atoms with Crippen LogP contribution in [0.1, 0.15) is 0 Å². The van der Waals surface area contributed by atoms with Gasteiger partial charge in [-0.05, 0) is 24.3 Å². The summed E-state index contributed by atoms with van der Waals surface area (Å²) >= 11 is 0. The summed E-state index contributed by atoms with van der Waals surface area (Å²) in [5.41, 5.74) is -0.178. The van der Waals surface area contributed by atoms with Crippen molar-refractivity contribution in [1.29, 1.82) is 0 Å². The molecule has 0 radical (unpaired) electrons. The Hall–Kier alpha value is -2.59. The van der Waals surface area contributed by atoms with Crippen LogP contribution in [0.25, 0.3) is 0 Å². The first-order valence-corrected chi connectivity index (χ1v) is 9.49. The quantitative estimate of drug-likeness (QED) is 0.863. The molecule has 0 aliphatic carbocycles. The number of anilines is 1. The van der Waals surface area contributed by atoms with Gasteiger partial charge in [-0.1, -0.05) is 12.1 Å². The molecule has 2 aromatic rings. The number of halogens is 3. The Morgan fingerprint density at radius 1 is 0.926 bits per heavy atom. The van der Waals surface area contributed by atoms with Gasteiger partial charge in [0.05, 0.1) is 5.69 Å². The second kappa shape index (κ2) is 7.57. The Bertz CT molecular complexity index is 961. The van der Waals surface area contributed by atoms with Crippen molar-refractivity contribution in [3.63, 3.8) is 0 Å². The van der Waals surface area contributed by atoms with E-state index in [4.69, 9.17) is 0 Å². The van der Waals surface area contributed by atoms with Crippen LogP contribution in [0.5, 0.6) is 0 Å². The molecule has 0 aromatic heterocycles. The summed E-state index contributed by atoms with van der Waals surface area (Å²) < 4.78 is 66.5. The molecule has 1 fully saturated rings. The van der Waals surface area contributed by atoms with E-state index in [0.717, 1.165) is 22.5 Å². The maximum atomic E-state index is 13.8. The normalized spacial score (nSPS) is 15.6. The van der Waals surface area contributed by atoms with Crippen LogP contribution in [0.15, 0.2) is 47.4 Å². The predicted octanol–water partition coefficient (Wildman–Crippen LogP) is 2.64. The van der Waals surface area contributed by atoms with Crippen LogP contribution in [0.2, 0.25) is 0 Å². The van der Waals surface area contributed by atoms with E-state index in [2.05, 4.69) is 5.32 Å². The predicted molar refractivity (Wildman–Crippen MR) is 92.1 cm³/mol. The molecule has 2 amide bonds. The topological polar surface area (TPSA) is 69.7 Å². The molecule has 144 valence electrons. The fourth-order valence-electron chi connectivity index (χ4n) is 2.71. The Morgan fingerprint density at radius 2 is 1.59 bits per heavy atom. The zero-order valence-electron chi connectivity index (χ0n) is 14.0. The SMILES string of the molecule is O=C(Nc1ccc(F)cc1F)N1CCN(S(=O)(=O)c2ccccc2F)CC1. The minimum atomic E-state index is -4.01. The van der Waals surface area contributed by atoms with Gasteiger partial charge < -0.3 is 10.2 Å². The molecule has 0 bridgehead atoms. The number of piperazine rings is 1. The highest BCUT2D eigenvalue weighted by molar-refractivity contribution is 7.89. The molecule has 0 saturated carbocycles. The molecule has 1 saturated heterocycles. The number of benzene rings is 2. The first kappa shape index (κ1) is 19.2. The lowest BCUT2D eigenvalue weighted by Gasteiger charge is -2.34. The highest BCUT2D eigenvalue weighted by Crippen LogP contribution is 2.21. The van der Waals surface area contributed by atoms with E-state index in [1.165, 1.54) is 23.1 Å². The van der Waals surface area contributed by atoms with Gasteiger partial charge in [0, 0.05) is 32.2 Å². The Balaban J connectivity index is 1.65. The van der Waals surface area contributed by atoms with E-state index >= 15 is 0 Å². The van der Waals surface area contributed by atoms with Gasteiger partial charge in [0.1, 0.15) is 22.3 Å². The maximum Gasteiger partial charge on any atom is 0.322 e. The summed E-state index contributed by atoms with van der Waals surface area (Å²) in [7, 11) is -4.01. The van der Waals surface area contributed by atoms with Crippen molar-refractivity contribution >= 4 is 21.7 Å². The molecule has 0 unspecified atom stereocenters. The minimum absolute atomic E-state index is 0.0318. The number of rotatable bonds is 3. The van der Waals surface area contributed by atoms with Crippen molar-refractivity contribution in [1.82, 2.24) is 9.21 Å². The molecular formula is C17H16F3N3O3S. The lowest BCUT2D eigenvalue weighted by atomic mass is 10.3. The van der Waals surface area contributed by atoms with Crippen molar-refractivity contribution in [2.24, 2.45) is 0 Å². The van der Waals surface area contributed by atoms with Crippen LogP contribution in [-0.2, 0) is 10.0 Å². The standard InChI is InChI=1S/C17H16F3N3O3S/c18-12-5-6-15(14(20)11-12)21-17(24)22-7-9-23(10-8-22)27(25,26)16-4-2-1-3-13(16)19/h1-6,11H,7-10H2,(H,21,24). The monoisotopic (exact) mass is 399 g/mol. The molecule has 1 heterocycles. The molecule has 6 nitrogen and oxygen atoms in total. The second-order valence-electron chi connectivity index (χ2n) is 5.88. The highest BCUT2D eigenvalue weighted by Gasteiger charge is 2.31. The highest BCUT2D eigenvalue weighted by atomic mass is 32.2. The lowest BCUT2D eigenvalue weighted by Crippen LogP contribution is -2.51. The zero-order valence-corrected chi connectivity index (χ0v) is 14.8. The molecule has 27 heavy (non-hydrogen) atoms. The first-order valence-electron chi connectivity index (χ1n) is 8.05. The Labute approximate surface area is 154 Å². The van der Waals surface area contributed by atoms with Gasteiger partial charge in [0.2, 0.25) is 10.0 Å². The van der Waals surface area contributed by atoms with Gasteiger partial charge in [-0.3, -0.25) is 0 Å². The third-order valence-electron chi connectivity index (χ3n) is 4.15. The van der Waals surface area contributed by atoms with E-state index in [1.807, 2.05) is 0 Å². The number of nitrogens with one attached hydrogen (secondary N) is 1. The Kier molecular flexibility index (Phi) is 5.38. The second-order valence-corrected chi connectivity index (χ2v) is 7.78. The van der Waals surface area contributed by atoms with E-state index in [1.54, 1.807) is 0 Å². The van der Waals surface area contributed by atoms with E-state index in [9.17, 15) is 26.4 Å². The average molecular weight is 399 g/mol. The van der Waals surface area contributed by atoms with Crippen molar-refractivity contribution < 1.29 is 26.4 Å². The first-order chi connectivity index (χ1) is 12.8. The molecule has 0 spiro atoms. The summed E-state index contributed by atoms with van der Waals surface area (Å²) in [6, 6.07) is 7.19. The van der Waals surface area contributed by atoms with Crippen LogP contribution >= 0.6 is 0 Å². The van der Waals surface area contributed by atoms with Crippen LogP contribution in [0.4, 0.5) is 23.7 Å². The summed E-state index contributed by atoms with van der Waals surface area (Å²) in [5.74, 6) is -2.52. The van der Waals surface area contributed by atoms with Gasteiger partial charge in [0.15, 0.2) is 0 Å². The van der Waals surface area contributed by atoms with Gasteiger partial charge in [-0.15, -0.1) is 0 Å². The molecule has 2 aromatic carbocycles. The van der Waals surface area contributed by atoms with Crippen LogP contribution in [-0.4, -0.2) is 49.8 Å². The molecule has 1 N–H and O–H groups in total. The molecular weight excluding hydrogens is 383 g/mol. The summed E-state index contributed by atoms with van der Waals surface area (Å²) in [6.07, 6.45) is 0. The van der Waals surface area contributed by atoms with Gasteiger partial charge in [0.25, 0.3) is 0 Å². The number of carbonyl (C=O) groups excluding carboxylic acids is 1. The number of amides is 2.